The number of ether oxygens (including phenoxy) is 1. The van der Waals surface area contributed by atoms with E-state index in [-0.39, 0.29) is 16.9 Å². The van der Waals surface area contributed by atoms with Gasteiger partial charge in [0.15, 0.2) is 10.9 Å². The van der Waals surface area contributed by atoms with Gasteiger partial charge in [-0.15, -0.1) is 0 Å². The number of hydrogen-bond donors (Lipinski definition) is 0. The molecule has 2 heterocycles. The summed E-state index contributed by atoms with van der Waals surface area (Å²) >= 11 is 1.26. The van der Waals surface area contributed by atoms with Crippen LogP contribution in [0.25, 0.3) is 0 Å². The number of methoxy groups -OCH3 is 1. The summed E-state index contributed by atoms with van der Waals surface area (Å²) in [6, 6.07) is 0. The van der Waals surface area contributed by atoms with Crippen LogP contribution in [0.4, 0.5) is 5.95 Å². The van der Waals surface area contributed by atoms with Crippen molar-refractivity contribution < 1.29 is 14.3 Å². The first-order valence-electron chi connectivity index (χ1n) is 5.90. The summed E-state index contributed by atoms with van der Waals surface area (Å²) in [7, 11) is 1.54. The molecule has 0 spiro atoms. The van der Waals surface area contributed by atoms with Gasteiger partial charge in [0.1, 0.15) is 0 Å². The Balaban J connectivity index is 2.00. The first-order valence-corrected chi connectivity index (χ1v) is 6.88. The van der Waals surface area contributed by atoms with Crippen molar-refractivity contribution in [1.29, 1.82) is 0 Å². The molecule has 0 bridgehead atoms. The third-order valence-electron chi connectivity index (χ3n) is 2.82. The second-order valence-electron chi connectivity index (χ2n) is 4.30. The van der Waals surface area contributed by atoms with Crippen molar-refractivity contribution in [3.05, 3.63) is 12.4 Å². The quantitative estimate of drug-likeness (QED) is 0.823. The third-order valence-corrected chi connectivity index (χ3v) is 3.86. The second-order valence-corrected chi connectivity index (χ2v) is 5.50. The molecule has 1 atom stereocenters. The molecule has 7 heteroatoms. The molecule has 0 aliphatic carbocycles. The van der Waals surface area contributed by atoms with Crippen molar-refractivity contribution >= 4 is 28.7 Å². The molecule has 1 unspecified atom stereocenters. The summed E-state index contributed by atoms with van der Waals surface area (Å²) in [4.78, 5) is 32.6. The molecule has 0 radical (unpaired) electrons. The van der Waals surface area contributed by atoms with Crippen LogP contribution >= 0.6 is 11.8 Å². The minimum atomic E-state index is -0.000631. The highest BCUT2D eigenvalue weighted by Gasteiger charge is 2.32. The maximum Gasteiger partial charge on any atom is 0.232 e. The Morgan fingerprint density at radius 1 is 1.53 bits per heavy atom. The first-order chi connectivity index (χ1) is 9.10. The number of carbonyl (C=O) groups excluding carboxylic acids is 2. The van der Waals surface area contributed by atoms with Gasteiger partial charge in [-0.3, -0.25) is 14.5 Å². The van der Waals surface area contributed by atoms with Gasteiger partial charge in [-0.1, -0.05) is 11.8 Å². The van der Waals surface area contributed by atoms with Gasteiger partial charge >= 0.3 is 0 Å². The van der Waals surface area contributed by atoms with Gasteiger partial charge in [-0.05, 0) is 5.92 Å². The number of hydrogen-bond acceptors (Lipinski definition) is 6. The number of nitrogens with zero attached hydrogens (tertiary/aromatic N) is 3. The maximum absolute atomic E-state index is 11.9. The summed E-state index contributed by atoms with van der Waals surface area (Å²) in [6.45, 7) is 2.09. The molecule has 1 amide bonds. The summed E-state index contributed by atoms with van der Waals surface area (Å²) < 4.78 is 4.98. The maximum atomic E-state index is 11.9. The number of aromatic nitrogens is 2. The van der Waals surface area contributed by atoms with Gasteiger partial charge in [0.2, 0.25) is 11.9 Å². The lowest BCUT2D eigenvalue weighted by molar-refractivity contribution is -0.117. The highest BCUT2D eigenvalue weighted by Crippen LogP contribution is 2.25. The van der Waals surface area contributed by atoms with Crippen molar-refractivity contribution in [2.45, 2.75) is 13.3 Å². The Labute approximate surface area is 115 Å². The minimum absolute atomic E-state index is 0.000631. The van der Waals surface area contributed by atoms with Crippen molar-refractivity contribution in [3.63, 3.8) is 0 Å². The zero-order valence-corrected chi connectivity index (χ0v) is 11.6. The summed E-state index contributed by atoms with van der Waals surface area (Å²) in [5.41, 5.74) is 0. The van der Waals surface area contributed by atoms with E-state index in [0.717, 1.165) is 0 Å². The molecule has 1 aliphatic heterocycles. The molecule has 6 nitrogen and oxygen atoms in total. The smallest absolute Gasteiger partial charge is 0.232 e. The monoisotopic (exact) mass is 281 g/mol. The van der Waals surface area contributed by atoms with Gasteiger partial charge in [-0.2, -0.15) is 0 Å². The van der Waals surface area contributed by atoms with Crippen LogP contribution in [0.2, 0.25) is 0 Å². The average molecular weight is 281 g/mol. The van der Waals surface area contributed by atoms with Crippen LogP contribution in [0.15, 0.2) is 12.4 Å². The number of carbonyl (C=O) groups is 2. The van der Waals surface area contributed by atoms with Crippen molar-refractivity contribution in [2.75, 3.05) is 24.3 Å². The normalized spacial score (nSPS) is 18.7. The molecule has 1 aliphatic rings. The molecule has 19 heavy (non-hydrogen) atoms. The molecular formula is C12H15N3O3S. The zero-order valence-electron chi connectivity index (χ0n) is 10.8. The fourth-order valence-electron chi connectivity index (χ4n) is 1.88. The lowest BCUT2D eigenvalue weighted by Gasteiger charge is -2.14. The van der Waals surface area contributed by atoms with Gasteiger partial charge in [0.25, 0.3) is 0 Å². The predicted octanol–water partition coefficient (Wildman–Crippen LogP) is 1.12. The van der Waals surface area contributed by atoms with E-state index in [1.807, 2.05) is 0 Å². The van der Waals surface area contributed by atoms with E-state index >= 15 is 0 Å². The van der Waals surface area contributed by atoms with E-state index in [9.17, 15) is 9.59 Å². The largest absolute Gasteiger partial charge is 0.494 e. The summed E-state index contributed by atoms with van der Waals surface area (Å²) in [5.74, 6) is 1.78. The fraction of sp³-hybridized carbons (Fsp3) is 0.500. The van der Waals surface area contributed by atoms with Crippen molar-refractivity contribution in [1.82, 2.24) is 9.97 Å². The van der Waals surface area contributed by atoms with Crippen LogP contribution in [-0.4, -0.2) is 40.4 Å². The zero-order chi connectivity index (χ0) is 13.8. The highest BCUT2D eigenvalue weighted by molar-refractivity contribution is 8.13. The Kier molecular flexibility index (Phi) is 4.36. The van der Waals surface area contributed by atoms with Crippen LogP contribution in [0.1, 0.15) is 13.3 Å². The SMILES string of the molecule is COc1cnc(N2CC(CSC(C)=O)CC2=O)nc1. The molecule has 102 valence electrons. The summed E-state index contributed by atoms with van der Waals surface area (Å²) in [5, 5.41) is 0.0756. The molecular weight excluding hydrogens is 266 g/mol. The lowest BCUT2D eigenvalue weighted by atomic mass is 10.1. The third kappa shape index (κ3) is 3.44. The number of anilines is 1. The molecule has 0 N–H and O–H groups in total. The molecule has 1 aromatic heterocycles. The highest BCUT2D eigenvalue weighted by atomic mass is 32.2. The van der Waals surface area contributed by atoms with Crippen LogP contribution < -0.4 is 9.64 Å². The standard InChI is InChI=1S/C12H15N3O3S/c1-8(16)19-7-9-3-11(17)15(6-9)12-13-4-10(18-2)5-14-12/h4-5,9H,3,6-7H2,1-2H3. The molecule has 1 saturated heterocycles. The van der Waals surface area contributed by atoms with Crippen LogP contribution in [0, 0.1) is 5.92 Å². The van der Waals surface area contributed by atoms with Gasteiger partial charge in [0.05, 0.1) is 19.5 Å². The Hall–Kier alpha value is -1.63. The van der Waals surface area contributed by atoms with Crippen molar-refractivity contribution in [2.24, 2.45) is 5.92 Å². The van der Waals surface area contributed by atoms with Crippen molar-refractivity contribution in [3.8, 4) is 5.75 Å². The fourth-order valence-corrected chi connectivity index (χ4v) is 2.57. The predicted molar refractivity (Wildman–Crippen MR) is 72.2 cm³/mol. The van der Waals surface area contributed by atoms with E-state index in [4.69, 9.17) is 4.74 Å². The van der Waals surface area contributed by atoms with E-state index < -0.39 is 0 Å². The molecule has 0 aromatic carbocycles. The van der Waals surface area contributed by atoms with Gasteiger partial charge < -0.3 is 4.74 Å². The van der Waals surface area contributed by atoms with Crippen LogP contribution in [0.5, 0.6) is 5.75 Å². The van der Waals surface area contributed by atoms with Crippen LogP contribution in [-0.2, 0) is 9.59 Å². The van der Waals surface area contributed by atoms with E-state index in [2.05, 4.69) is 9.97 Å². The topological polar surface area (TPSA) is 72.4 Å². The first kappa shape index (κ1) is 13.8. The number of thioether (sulfide) groups is 1. The Morgan fingerprint density at radius 2 is 2.21 bits per heavy atom. The Bertz CT molecular complexity index is 478. The molecule has 1 aromatic rings. The molecule has 0 saturated carbocycles. The van der Waals surface area contributed by atoms with E-state index in [1.165, 1.54) is 38.2 Å². The van der Waals surface area contributed by atoms with E-state index in [1.54, 1.807) is 4.90 Å². The summed E-state index contributed by atoms with van der Waals surface area (Å²) in [6.07, 6.45) is 3.51. The van der Waals surface area contributed by atoms with Gasteiger partial charge in [0, 0.05) is 25.6 Å². The Morgan fingerprint density at radius 3 is 2.79 bits per heavy atom. The van der Waals surface area contributed by atoms with Gasteiger partial charge in [-0.25, -0.2) is 9.97 Å². The van der Waals surface area contributed by atoms with Crippen LogP contribution in [0.3, 0.4) is 0 Å². The lowest BCUT2D eigenvalue weighted by Crippen LogP contribution is -2.26. The molecule has 1 fully saturated rings. The van der Waals surface area contributed by atoms with E-state index in [0.29, 0.717) is 30.4 Å². The second kappa shape index (κ2) is 6.01. The number of rotatable bonds is 4. The molecule has 2 rings (SSSR count). The minimum Gasteiger partial charge on any atom is -0.494 e. The number of amides is 1. The average Bonchev–Trinajstić information content (AvgIpc) is 2.78.